The third-order valence-corrected chi connectivity index (χ3v) is 4.71. The number of nitrogens with one attached hydrogen (secondary N) is 1. The highest BCUT2D eigenvalue weighted by atomic mass is 16.2. The molecule has 8 nitrogen and oxygen atoms in total. The van der Waals surface area contributed by atoms with Gasteiger partial charge in [-0.3, -0.25) is 9.59 Å². The summed E-state index contributed by atoms with van der Waals surface area (Å²) in [7, 11) is 1.61. The molecule has 0 atom stereocenters. The van der Waals surface area contributed by atoms with Crippen LogP contribution in [0, 0.1) is 27.7 Å². The Morgan fingerprint density at radius 3 is 2.31 bits per heavy atom. The number of anilines is 1. The normalized spacial score (nSPS) is 10.7. The minimum absolute atomic E-state index is 0.0423. The fourth-order valence-electron chi connectivity index (χ4n) is 3.38. The fraction of sp³-hybridized carbons (Fsp3) is 0.286. The average molecular weight is 392 g/mol. The molecule has 0 aliphatic heterocycles. The number of amides is 2. The van der Waals surface area contributed by atoms with Crippen molar-refractivity contribution in [1.82, 2.24) is 25.1 Å². The summed E-state index contributed by atoms with van der Waals surface area (Å²) in [6.45, 7) is 7.77. The molecule has 2 amide bonds. The van der Waals surface area contributed by atoms with Crippen molar-refractivity contribution in [2.75, 3.05) is 18.9 Å². The molecular weight excluding hydrogens is 368 g/mol. The van der Waals surface area contributed by atoms with Crippen molar-refractivity contribution >= 4 is 17.5 Å². The summed E-state index contributed by atoms with van der Waals surface area (Å²) in [4.78, 5) is 26.7. The lowest BCUT2D eigenvalue weighted by Crippen LogP contribution is -2.35. The van der Waals surface area contributed by atoms with Crippen molar-refractivity contribution in [2.45, 2.75) is 27.7 Å². The number of aryl methyl sites for hydroxylation is 4. The molecule has 1 N–H and O–H groups in total. The topological polar surface area (TPSA) is 93.0 Å². The zero-order valence-corrected chi connectivity index (χ0v) is 17.2. The van der Waals surface area contributed by atoms with Gasteiger partial charge >= 0.3 is 0 Å². The lowest BCUT2D eigenvalue weighted by molar-refractivity contribution is -0.116. The van der Waals surface area contributed by atoms with Gasteiger partial charge in [0.1, 0.15) is 6.33 Å². The summed E-state index contributed by atoms with van der Waals surface area (Å²) in [5, 5.41) is 14.0. The van der Waals surface area contributed by atoms with Crippen LogP contribution in [0.15, 0.2) is 36.7 Å². The van der Waals surface area contributed by atoms with Gasteiger partial charge in [0.15, 0.2) is 0 Å². The van der Waals surface area contributed by atoms with E-state index >= 15 is 0 Å². The molecular formula is C21H24N6O2. The van der Waals surface area contributed by atoms with Crippen molar-refractivity contribution in [3.8, 4) is 5.69 Å². The fourth-order valence-corrected chi connectivity index (χ4v) is 3.38. The van der Waals surface area contributed by atoms with Crippen LogP contribution in [0.4, 0.5) is 5.69 Å². The molecule has 0 saturated carbocycles. The maximum absolute atomic E-state index is 12.8. The number of rotatable bonds is 5. The lowest BCUT2D eigenvalue weighted by Gasteiger charge is -2.19. The molecule has 3 rings (SSSR count). The first-order valence-corrected chi connectivity index (χ1v) is 9.23. The molecule has 0 aliphatic carbocycles. The Morgan fingerprint density at radius 1 is 1.03 bits per heavy atom. The van der Waals surface area contributed by atoms with E-state index in [-0.39, 0.29) is 18.4 Å². The third-order valence-electron chi connectivity index (χ3n) is 4.71. The van der Waals surface area contributed by atoms with Crippen molar-refractivity contribution < 1.29 is 9.59 Å². The van der Waals surface area contributed by atoms with Crippen molar-refractivity contribution in [1.29, 1.82) is 0 Å². The van der Waals surface area contributed by atoms with Crippen LogP contribution >= 0.6 is 0 Å². The summed E-state index contributed by atoms with van der Waals surface area (Å²) < 4.78 is 1.53. The molecule has 0 spiro atoms. The largest absolute Gasteiger partial charge is 0.332 e. The molecule has 0 radical (unpaired) electrons. The molecule has 0 fully saturated rings. The molecule has 150 valence electrons. The number of hydrogen-bond donors (Lipinski definition) is 1. The Balaban J connectivity index is 1.69. The molecule has 0 aliphatic rings. The molecule has 8 heteroatoms. The van der Waals surface area contributed by atoms with Crippen LogP contribution in [-0.4, -0.2) is 50.5 Å². The van der Waals surface area contributed by atoms with Gasteiger partial charge in [-0.05, 0) is 73.0 Å². The molecule has 0 unspecified atom stereocenters. The van der Waals surface area contributed by atoms with E-state index in [0.29, 0.717) is 5.56 Å². The van der Waals surface area contributed by atoms with E-state index < -0.39 is 0 Å². The number of carbonyl (C=O) groups excluding carboxylic acids is 2. The Morgan fingerprint density at radius 2 is 1.72 bits per heavy atom. The SMILES string of the molecule is Cc1cc(C)c(NC(=O)CN(C)C(=O)c2ccc(-n3cnnn3)c(C)c2)c(C)c1. The van der Waals surface area contributed by atoms with Gasteiger partial charge in [0.2, 0.25) is 5.91 Å². The van der Waals surface area contributed by atoms with Gasteiger partial charge in [-0.1, -0.05) is 17.7 Å². The van der Waals surface area contributed by atoms with Crippen LogP contribution in [0.1, 0.15) is 32.6 Å². The average Bonchev–Trinajstić information content (AvgIpc) is 3.18. The summed E-state index contributed by atoms with van der Waals surface area (Å²) in [5.74, 6) is -0.471. The Bertz CT molecular complexity index is 1040. The van der Waals surface area contributed by atoms with E-state index in [0.717, 1.165) is 33.6 Å². The number of hydrogen-bond acceptors (Lipinski definition) is 5. The van der Waals surface area contributed by atoms with Crippen LogP contribution in [0.25, 0.3) is 5.69 Å². The second kappa shape index (κ2) is 8.22. The standard InChI is InChI=1S/C21H24N6O2/c1-13-8-15(3)20(16(4)9-13)23-19(28)11-26(5)21(29)17-6-7-18(14(2)10-17)27-12-22-24-25-27/h6-10,12H,11H2,1-5H3,(H,23,28). The van der Waals surface area contributed by atoms with Crippen LogP contribution in [-0.2, 0) is 4.79 Å². The second-order valence-electron chi connectivity index (χ2n) is 7.24. The summed E-state index contributed by atoms with van der Waals surface area (Å²) in [6, 6.07) is 9.29. The number of aromatic nitrogens is 4. The zero-order valence-electron chi connectivity index (χ0n) is 17.2. The van der Waals surface area contributed by atoms with E-state index in [4.69, 9.17) is 0 Å². The Kier molecular flexibility index (Phi) is 5.72. The quantitative estimate of drug-likeness (QED) is 0.720. The van der Waals surface area contributed by atoms with Crippen LogP contribution < -0.4 is 5.32 Å². The first kappa shape index (κ1) is 20.2. The smallest absolute Gasteiger partial charge is 0.254 e. The van der Waals surface area contributed by atoms with Gasteiger partial charge < -0.3 is 10.2 Å². The number of benzene rings is 2. The minimum Gasteiger partial charge on any atom is -0.332 e. The molecule has 1 heterocycles. The molecule has 2 aromatic carbocycles. The maximum atomic E-state index is 12.8. The van der Waals surface area contributed by atoms with Gasteiger partial charge in [0.25, 0.3) is 5.91 Å². The van der Waals surface area contributed by atoms with Crippen LogP contribution in [0.2, 0.25) is 0 Å². The molecule has 1 aromatic heterocycles. The first-order chi connectivity index (χ1) is 13.8. The van der Waals surface area contributed by atoms with Crippen LogP contribution in [0.3, 0.4) is 0 Å². The minimum atomic E-state index is -0.238. The predicted octanol–water partition coefficient (Wildman–Crippen LogP) is 2.61. The number of carbonyl (C=O) groups is 2. The highest BCUT2D eigenvalue weighted by Gasteiger charge is 2.17. The van der Waals surface area contributed by atoms with E-state index in [1.807, 2.05) is 39.8 Å². The van der Waals surface area contributed by atoms with Crippen molar-refractivity contribution in [3.63, 3.8) is 0 Å². The van der Waals surface area contributed by atoms with E-state index in [9.17, 15) is 9.59 Å². The number of likely N-dealkylation sites (N-methyl/N-ethyl adjacent to an activating group) is 1. The van der Waals surface area contributed by atoms with Gasteiger partial charge in [0, 0.05) is 18.3 Å². The number of nitrogens with zero attached hydrogens (tertiary/aromatic N) is 5. The third kappa shape index (κ3) is 4.48. The van der Waals surface area contributed by atoms with Crippen molar-refractivity contribution in [3.05, 3.63) is 64.5 Å². The molecule has 29 heavy (non-hydrogen) atoms. The highest BCUT2D eigenvalue weighted by molar-refractivity contribution is 6.00. The monoisotopic (exact) mass is 392 g/mol. The molecule has 0 bridgehead atoms. The van der Waals surface area contributed by atoms with Gasteiger partial charge in [-0.2, -0.15) is 0 Å². The van der Waals surface area contributed by atoms with Gasteiger partial charge in [-0.25, -0.2) is 4.68 Å². The summed E-state index contributed by atoms with van der Waals surface area (Å²) >= 11 is 0. The Hall–Kier alpha value is -3.55. The number of tetrazole rings is 1. The maximum Gasteiger partial charge on any atom is 0.254 e. The summed E-state index contributed by atoms with van der Waals surface area (Å²) in [6.07, 6.45) is 1.50. The van der Waals surface area contributed by atoms with Gasteiger partial charge in [0.05, 0.1) is 12.2 Å². The predicted molar refractivity (Wildman–Crippen MR) is 110 cm³/mol. The van der Waals surface area contributed by atoms with E-state index in [1.54, 1.807) is 25.2 Å². The molecule has 0 saturated heterocycles. The van der Waals surface area contributed by atoms with E-state index in [1.165, 1.54) is 15.9 Å². The van der Waals surface area contributed by atoms with Crippen LogP contribution in [0.5, 0.6) is 0 Å². The van der Waals surface area contributed by atoms with E-state index in [2.05, 4.69) is 20.8 Å². The second-order valence-corrected chi connectivity index (χ2v) is 7.24. The zero-order chi connectivity index (χ0) is 21.1. The summed E-state index contributed by atoms with van der Waals surface area (Å²) in [5.41, 5.74) is 6.08. The van der Waals surface area contributed by atoms with Gasteiger partial charge in [-0.15, -0.1) is 5.10 Å². The highest BCUT2D eigenvalue weighted by Crippen LogP contribution is 2.22. The first-order valence-electron chi connectivity index (χ1n) is 9.23. The van der Waals surface area contributed by atoms with Crippen molar-refractivity contribution in [2.24, 2.45) is 0 Å². The Labute approximate surface area is 169 Å². The lowest BCUT2D eigenvalue weighted by atomic mass is 10.1. The molecule has 3 aromatic rings.